The van der Waals surface area contributed by atoms with Crippen LogP contribution in [0.2, 0.25) is 0 Å². The Labute approximate surface area is 98.8 Å². The molecule has 1 rings (SSSR count). The zero-order valence-electron chi connectivity index (χ0n) is 9.93. The lowest BCUT2D eigenvalue weighted by Gasteiger charge is -2.14. The van der Waals surface area contributed by atoms with E-state index in [0.29, 0.717) is 11.6 Å². The third-order valence-electron chi connectivity index (χ3n) is 2.01. The SMILES string of the molecule is COC(=O)C(CO)Nc1nc(C)cc(OC)n1. The summed E-state index contributed by atoms with van der Waals surface area (Å²) in [5.41, 5.74) is 0.681. The van der Waals surface area contributed by atoms with Gasteiger partial charge in [0.2, 0.25) is 11.8 Å². The Morgan fingerprint density at radius 1 is 1.53 bits per heavy atom. The van der Waals surface area contributed by atoms with E-state index in [1.54, 1.807) is 13.0 Å². The molecule has 0 amide bonds. The van der Waals surface area contributed by atoms with Gasteiger partial charge in [0, 0.05) is 11.8 Å². The second kappa shape index (κ2) is 6.00. The van der Waals surface area contributed by atoms with E-state index in [0.717, 1.165) is 0 Å². The molecule has 17 heavy (non-hydrogen) atoms. The van der Waals surface area contributed by atoms with Crippen molar-refractivity contribution < 1.29 is 19.4 Å². The lowest BCUT2D eigenvalue weighted by atomic mass is 10.3. The largest absolute Gasteiger partial charge is 0.481 e. The van der Waals surface area contributed by atoms with Crippen LogP contribution in [-0.4, -0.2) is 47.9 Å². The molecule has 1 heterocycles. The number of aromatic nitrogens is 2. The molecule has 0 saturated heterocycles. The number of aliphatic hydroxyl groups is 1. The number of esters is 1. The molecule has 1 aromatic heterocycles. The third-order valence-corrected chi connectivity index (χ3v) is 2.01. The van der Waals surface area contributed by atoms with Crippen molar-refractivity contribution in [1.29, 1.82) is 0 Å². The third kappa shape index (κ3) is 3.56. The molecule has 1 aromatic rings. The second-order valence-corrected chi connectivity index (χ2v) is 3.28. The van der Waals surface area contributed by atoms with Crippen molar-refractivity contribution in [1.82, 2.24) is 9.97 Å². The van der Waals surface area contributed by atoms with Crippen molar-refractivity contribution >= 4 is 11.9 Å². The van der Waals surface area contributed by atoms with E-state index in [1.807, 2.05) is 0 Å². The average molecular weight is 241 g/mol. The van der Waals surface area contributed by atoms with Gasteiger partial charge in [-0.05, 0) is 6.92 Å². The number of carbonyl (C=O) groups is 1. The van der Waals surface area contributed by atoms with Crippen LogP contribution in [-0.2, 0) is 9.53 Å². The monoisotopic (exact) mass is 241 g/mol. The number of hydrogen-bond donors (Lipinski definition) is 2. The fourth-order valence-electron chi connectivity index (χ4n) is 1.19. The molecule has 0 spiro atoms. The summed E-state index contributed by atoms with van der Waals surface area (Å²) in [6.45, 7) is 1.35. The minimum Gasteiger partial charge on any atom is -0.481 e. The Kier molecular flexibility index (Phi) is 4.65. The van der Waals surface area contributed by atoms with Gasteiger partial charge in [-0.2, -0.15) is 4.98 Å². The smallest absolute Gasteiger partial charge is 0.330 e. The molecule has 94 valence electrons. The maximum atomic E-state index is 11.3. The van der Waals surface area contributed by atoms with Crippen LogP contribution in [0.5, 0.6) is 5.88 Å². The number of anilines is 1. The van der Waals surface area contributed by atoms with Gasteiger partial charge < -0.3 is 19.9 Å². The minimum absolute atomic E-state index is 0.200. The Morgan fingerprint density at radius 2 is 2.24 bits per heavy atom. The molecule has 0 fully saturated rings. The van der Waals surface area contributed by atoms with Gasteiger partial charge in [0.1, 0.15) is 0 Å². The van der Waals surface area contributed by atoms with Crippen molar-refractivity contribution in [2.45, 2.75) is 13.0 Å². The summed E-state index contributed by atoms with van der Waals surface area (Å²) in [6.07, 6.45) is 0. The molecule has 1 unspecified atom stereocenters. The first-order valence-electron chi connectivity index (χ1n) is 4.95. The summed E-state index contributed by atoms with van der Waals surface area (Å²) in [6, 6.07) is 0.753. The van der Waals surface area contributed by atoms with Crippen molar-refractivity contribution in [3.05, 3.63) is 11.8 Å². The van der Waals surface area contributed by atoms with Crippen molar-refractivity contribution in [3.8, 4) is 5.88 Å². The van der Waals surface area contributed by atoms with Crippen LogP contribution < -0.4 is 10.1 Å². The summed E-state index contributed by atoms with van der Waals surface area (Å²) in [5, 5.41) is 11.7. The molecule has 0 radical (unpaired) electrons. The number of carbonyl (C=O) groups excluding carboxylic acids is 1. The Balaban J connectivity index is 2.85. The lowest BCUT2D eigenvalue weighted by molar-refractivity contribution is -0.142. The molecule has 0 aliphatic heterocycles. The fourth-order valence-corrected chi connectivity index (χ4v) is 1.19. The van der Waals surface area contributed by atoms with Gasteiger partial charge in [-0.3, -0.25) is 0 Å². The quantitative estimate of drug-likeness (QED) is 0.686. The van der Waals surface area contributed by atoms with Crippen molar-refractivity contribution in [3.63, 3.8) is 0 Å². The standard InChI is InChI=1S/C10H15N3O4/c1-6-4-8(16-2)13-10(11-6)12-7(5-14)9(15)17-3/h4,7,14H,5H2,1-3H3,(H,11,12,13). The van der Waals surface area contributed by atoms with Crippen LogP contribution >= 0.6 is 0 Å². The predicted octanol–water partition coefficient (Wildman–Crippen LogP) is -0.261. The number of nitrogens with one attached hydrogen (secondary N) is 1. The second-order valence-electron chi connectivity index (χ2n) is 3.28. The van der Waals surface area contributed by atoms with Crippen LogP contribution in [0.4, 0.5) is 5.95 Å². The Bertz CT molecular complexity index is 397. The highest BCUT2D eigenvalue weighted by atomic mass is 16.5. The predicted molar refractivity (Wildman–Crippen MR) is 59.8 cm³/mol. The van der Waals surface area contributed by atoms with Gasteiger partial charge in [0.15, 0.2) is 6.04 Å². The molecule has 0 bridgehead atoms. The number of hydrogen-bond acceptors (Lipinski definition) is 7. The maximum Gasteiger partial charge on any atom is 0.330 e. The Morgan fingerprint density at radius 3 is 2.76 bits per heavy atom. The summed E-state index contributed by atoms with van der Waals surface area (Å²) < 4.78 is 9.48. The van der Waals surface area contributed by atoms with Gasteiger partial charge in [0.25, 0.3) is 0 Å². The highest BCUT2D eigenvalue weighted by Crippen LogP contribution is 2.12. The number of methoxy groups -OCH3 is 2. The van der Waals surface area contributed by atoms with E-state index in [9.17, 15) is 4.79 Å². The van der Waals surface area contributed by atoms with Gasteiger partial charge in [-0.1, -0.05) is 0 Å². The van der Waals surface area contributed by atoms with E-state index >= 15 is 0 Å². The number of ether oxygens (including phenoxy) is 2. The first kappa shape index (κ1) is 13.2. The number of nitrogens with zero attached hydrogens (tertiary/aromatic N) is 2. The molecule has 0 aromatic carbocycles. The number of aryl methyl sites for hydroxylation is 1. The van der Waals surface area contributed by atoms with Crippen molar-refractivity contribution in [2.24, 2.45) is 0 Å². The van der Waals surface area contributed by atoms with Crippen LogP contribution in [0.1, 0.15) is 5.69 Å². The summed E-state index contributed by atoms with van der Waals surface area (Å²) in [7, 11) is 2.72. The van der Waals surface area contributed by atoms with E-state index < -0.39 is 18.6 Å². The summed E-state index contributed by atoms with van der Waals surface area (Å²) in [5.74, 6) is -0.00979. The van der Waals surface area contributed by atoms with Crippen LogP contribution in [0.3, 0.4) is 0 Å². The fraction of sp³-hybridized carbons (Fsp3) is 0.500. The van der Waals surface area contributed by atoms with Gasteiger partial charge in [-0.25, -0.2) is 9.78 Å². The molecule has 7 heteroatoms. The van der Waals surface area contributed by atoms with Crippen LogP contribution in [0, 0.1) is 6.92 Å². The van der Waals surface area contributed by atoms with Gasteiger partial charge >= 0.3 is 5.97 Å². The van der Waals surface area contributed by atoms with Crippen LogP contribution in [0.15, 0.2) is 6.07 Å². The molecule has 2 N–H and O–H groups in total. The van der Waals surface area contributed by atoms with Gasteiger partial charge in [-0.15, -0.1) is 0 Å². The van der Waals surface area contributed by atoms with E-state index in [-0.39, 0.29) is 5.95 Å². The van der Waals surface area contributed by atoms with Gasteiger partial charge in [0.05, 0.1) is 20.8 Å². The zero-order chi connectivity index (χ0) is 12.8. The zero-order valence-corrected chi connectivity index (χ0v) is 9.93. The Hall–Kier alpha value is -1.89. The first-order valence-corrected chi connectivity index (χ1v) is 4.95. The molecule has 0 saturated carbocycles. The highest BCUT2D eigenvalue weighted by molar-refractivity contribution is 5.78. The van der Waals surface area contributed by atoms with Crippen molar-refractivity contribution in [2.75, 3.05) is 26.1 Å². The molecular weight excluding hydrogens is 226 g/mol. The normalized spacial score (nSPS) is 11.8. The van der Waals surface area contributed by atoms with E-state index in [1.165, 1.54) is 14.2 Å². The number of aliphatic hydroxyl groups excluding tert-OH is 1. The first-order chi connectivity index (χ1) is 8.10. The van der Waals surface area contributed by atoms with Crippen LogP contribution in [0.25, 0.3) is 0 Å². The molecule has 0 aliphatic rings. The molecule has 0 aliphatic carbocycles. The lowest BCUT2D eigenvalue weighted by Crippen LogP contribution is -2.34. The summed E-state index contributed by atoms with van der Waals surface area (Å²) in [4.78, 5) is 19.3. The minimum atomic E-state index is -0.897. The molecular formula is C10H15N3O4. The highest BCUT2D eigenvalue weighted by Gasteiger charge is 2.19. The molecule has 7 nitrogen and oxygen atoms in total. The molecule has 1 atom stereocenters. The average Bonchev–Trinajstić information content (AvgIpc) is 2.34. The van der Waals surface area contributed by atoms with E-state index in [2.05, 4.69) is 20.0 Å². The van der Waals surface area contributed by atoms with E-state index in [4.69, 9.17) is 9.84 Å². The summed E-state index contributed by atoms with van der Waals surface area (Å²) >= 11 is 0. The number of rotatable bonds is 5. The maximum absolute atomic E-state index is 11.3. The topological polar surface area (TPSA) is 93.6 Å².